The van der Waals surface area contributed by atoms with Gasteiger partial charge in [-0.3, -0.25) is 10.1 Å². The summed E-state index contributed by atoms with van der Waals surface area (Å²) in [6, 6.07) is 9.54. The van der Waals surface area contributed by atoms with Crippen molar-refractivity contribution in [3.8, 4) is 0 Å². The fourth-order valence-corrected chi connectivity index (χ4v) is 1.90. The molecule has 5 nitrogen and oxygen atoms in total. The van der Waals surface area contributed by atoms with Gasteiger partial charge in [-0.2, -0.15) is 0 Å². The quantitative estimate of drug-likeness (QED) is 0.739. The molecule has 3 rings (SSSR count). The highest BCUT2D eigenvalue weighted by molar-refractivity contribution is 6.05. The summed E-state index contributed by atoms with van der Waals surface area (Å²) >= 11 is 0. The monoisotopic (exact) mass is 255 g/mol. The molecule has 0 atom stereocenters. The van der Waals surface area contributed by atoms with E-state index in [0.717, 1.165) is 22.2 Å². The summed E-state index contributed by atoms with van der Waals surface area (Å²) in [5.74, 6) is 0.150. The largest absolute Gasteiger partial charge is 0.351 e. The molecule has 2 heterocycles. The minimum absolute atomic E-state index is 0.240. The molecule has 0 aliphatic heterocycles. The lowest BCUT2D eigenvalue weighted by Gasteiger charge is -1.99. The Morgan fingerprint density at radius 3 is 2.79 bits per heavy atom. The predicted octanol–water partition coefficient (Wildman–Crippen LogP) is 3.03. The van der Waals surface area contributed by atoms with Gasteiger partial charge < -0.3 is 9.51 Å². The van der Waals surface area contributed by atoms with E-state index in [9.17, 15) is 4.79 Å². The summed E-state index contributed by atoms with van der Waals surface area (Å²) in [4.78, 5) is 15.2. The fraction of sp³-hybridized carbons (Fsp3) is 0.143. The van der Waals surface area contributed by atoms with Gasteiger partial charge in [0, 0.05) is 16.5 Å². The second kappa shape index (κ2) is 4.28. The van der Waals surface area contributed by atoms with Gasteiger partial charge in [0.15, 0.2) is 0 Å². The minimum atomic E-state index is -0.240. The van der Waals surface area contributed by atoms with Crippen LogP contribution < -0.4 is 5.32 Å². The summed E-state index contributed by atoms with van der Waals surface area (Å²) in [6.45, 7) is 3.68. The van der Waals surface area contributed by atoms with Crippen molar-refractivity contribution < 1.29 is 9.32 Å². The molecule has 0 radical (unpaired) electrons. The third kappa shape index (κ3) is 1.99. The number of H-pyrrole nitrogens is 1. The van der Waals surface area contributed by atoms with E-state index in [-0.39, 0.29) is 5.91 Å². The highest BCUT2D eigenvalue weighted by Crippen LogP contribution is 2.19. The Balaban J connectivity index is 1.89. The van der Waals surface area contributed by atoms with Crippen LogP contribution in [0, 0.1) is 13.8 Å². The number of rotatable bonds is 2. The third-order valence-corrected chi connectivity index (χ3v) is 3.16. The molecule has 0 saturated carbocycles. The molecule has 0 spiro atoms. The molecule has 96 valence electrons. The van der Waals surface area contributed by atoms with Crippen molar-refractivity contribution in [3.05, 3.63) is 47.3 Å². The Morgan fingerprint density at radius 1 is 1.32 bits per heavy atom. The summed E-state index contributed by atoms with van der Waals surface area (Å²) in [7, 11) is 0. The maximum atomic E-state index is 12.1. The smallest absolute Gasteiger partial charge is 0.274 e. The normalized spacial score (nSPS) is 10.8. The Hall–Kier alpha value is -2.56. The standard InChI is InChI=1S/C14H13N3O2/c1-8-9(2)17-19-14(8)16-13(18)12-7-10-5-3-4-6-11(10)15-12/h3-7,15H,1-2H3,(H,16,18). The van der Waals surface area contributed by atoms with Crippen LogP contribution in [-0.2, 0) is 0 Å². The van der Waals surface area contributed by atoms with Gasteiger partial charge in [0.05, 0.1) is 5.69 Å². The van der Waals surface area contributed by atoms with Crippen molar-refractivity contribution in [2.24, 2.45) is 0 Å². The molecule has 2 aromatic heterocycles. The van der Waals surface area contributed by atoms with E-state index in [1.54, 1.807) is 0 Å². The summed E-state index contributed by atoms with van der Waals surface area (Å²) in [6.07, 6.45) is 0. The van der Waals surface area contributed by atoms with Crippen LogP contribution in [0.5, 0.6) is 0 Å². The number of aryl methyl sites for hydroxylation is 1. The highest BCUT2D eigenvalue weighted by Gasteiger charge is 2.14. The number of hydrogen-bond acceptors (Lipinski definition) is 3. The predicted molar refractivity (Wildman–Crippen MR) is 72.2 cm³/mol. The molecule has 1 aromatic carbocycles. The van der Waals surface area contributed by atoms with Crippen LogP contribution in [0.3, 0.4) is 0 Å². The van der Waals surface area contributed by atoms with E-state index in [0.29, 0.717) is 11.6 Å². The zero-order valence-electron chi connectivity index (χ0n) is 10.7. The molecule has 0 aliphatic rings. The number of aromatic nitrogens is 2. The van der Waals surface area contributed by atoms with Crippen LogP contribution >= 0.6 is 0 Å². The lowest BCUT2D eigenvalue weighted by molar-refractivity contribution is 0.102. The number of nitrogens with one attached hydrogen (secondary N) is 2. The molecule has 3 aromatic rings. The summed E-state index contributed by atoms with van der Waals surface area (Å²) < 4.78 is 5.07. The van der Waals surface area contributed by atoms with Crippen molar-refractivity contribution in [2.75, 3.05) is 5.32 Å². The summed E-state index contributed by atoms with van der Waals surface area (Å²) in [5, 5.41) is 7.51. The molecule has 0 unspecified atom stereocenters. The number of nitrogens with zero attached hydrogens (tertiary/aromatic N) is 1. The molecular weight excluding hydrogens is 242 g/mol. The number of carbonyl (C=O) groups is 1. The van der Waals surface area contributed by atoms with E-state index in [1.807, 2.05) is 44.2 Å². The van der Waals surface area contributed by atoms with Crippen molar-refractivity contribution in [3.63, 3.8) is 0 Å². The second-order valence-corrected chi connectivity index (χ2v) is 4.45. The van der Waals surface area contributed by atoms with Crippen LogP contribution in [0.15, 0.2) is 34.9 Å². The lowest BCUT2D eigenvalue weighted by atomic mass is 10.2. The Bertz CT molecular complexity index is 722. The number of fused-ring (bicyclic) bond motifs is 1. The van der Waals surface area contributed by atoms with Crippen LogP contribution in [0.25, 0.3) is 10.9 Å². The maximum absolute atomic E-state index is 12.1. The molecular formula is C14H13N3O2. The zero-order chi connectivity index (χ0) is 13.4. The molecule has 0 saturated heterocycles. The Kier molecular flexibility index (Phi) is 2.59. The summed E-state index contributed by atoms with van der Waals surface area (Å²) in [5.41, 5.74) is 3.03. The number of benzene rings is 1. The van der Waals surface area contributed by atoms with Crippen molar-refractivity contribution >= 4 is 22.7 Å². The molecule has 2 N–H and O–H groups in total. The van der Waals surface area contributed by atoms with Crippen LogP contribution in [-0.4, -0.2) is 16.0 Å². The van der Waals surface area contributed by atoms with Gasteiger partial charge in [0.1, 0.15) is 5.69 Å². The average Bonchev–Trinajstić information content (AvgIpc) is 2.97. The molecule has 0 fully saturated rings. The average molecular weight is 255 g/mol. The topological polar surface area (TPSA) is 70.9 Å². The van der Waals surface area contributed by atoms with Crippen LogP contribution in [0.1, 0.15) is 21.7 Å². The van der Waals surface area contributed by atoms with Gasteiger partial charge in [0.25, 0.3) is 5.91 Å². The van der Waals surface area contributed by atoms with E-state index in [1.165, 1.54) is 0 Å². The highest BCUT2D eigenvalue weighted by atomic mass is 16.5. The van der Waals surface area contributed by atoms with Gasteiger partial charge in [-0.05, 0) is 26.0 Å². The number of carbonyl (C=O) groups excluding carboxylic acids is 1. The SMILES string of the molecule is Cc1noc(NC(=O)c2cc3ccccc3[nH]2)c1C. The first-order valence-electron chi connectivity index (χ1n) is 5.97. The van der Waals surface area contributed by atoms with E-state index < -0.39 is 0 Å². The van der Waals surface area contributed by atoms with Crippen LogP contribution in [0.2, 0.25) is 0 Å². The first-order valence-corrected chi connectivity index (χ1v) is 5.97. The van der Waals surface area contributed by atoms with Gasteiger partial charge in [-0.1, -0.05) is 23.4 Å². The lowest BCUT2D eigenvalue weighted by Crippen LogP contribution is -2.12. The first kappa shape index (κ1) is 11.5. The molecule has 5 heteroatoms. The van der Waals surface area contributed by atoms with E-state index >= 15 is 0 Å². The molecule has 19 heavy (non-hydrogen) atoms. The van der Waals surface area contributed by atoms with Gasteiger partial charge in [0.2, 0.25) is 5.88 Å². The van der Waals surface area contributed by atoms with Gasteiger partial charge in [-0.25, -0.2) is 0 Å². The number of hydrogen-bond donors (Lipinski definition) is 2. The van der Waals surface area contributed by atoms with Crippen molar-refractivity contribution in [1.29, 1.82) is 0 Å². The first-order chi connectivity index (χ1) is 9.15. The van der Waals surface area contributed by atoms with E-state index in [4.69, 9.17) is 4.52 Å². The maximum Gasteiger partial charge on any atom is 0.274 e. The minimum Gasteiger partial charge on any atom is -0.351 e. The van der Waals surface area contributed by atoms with Crippen molar-refractivity contribution in [1.82, 2.24) is 10.1 Å². The zero-order valence-corrected chi connectivity index (χ0v) is 10.7. The number of anilines is 1. The molecule has 1 amide bonds. The second-order valence-electron chi connectivity index (χ2n) is 4.45. The van der Waals surface area contributed by atoms with Crippen molar-refractivity contribution in [2.45, 2.75) is 13.8 Å². The number of aromatic amines is 1. The Labute approximate surface area is 109 Å². The van der Waals surface area contributed by atoms with Gasteiger partial charge in [-0.15, -0.1) is 0 Å². The third-order valence-electron chi connectivity index (χ3n) is 3.16. The van der Waals surface area contributed by atoms with E-state index in [2.05, 4.69) is 15.5 Å². The number of amides is 1. The van der Waals surface area contributed by atoms with Gasteiger partial charge >= 0.3 is 0 Å². The Morgan fingerprint density at radius 2 is 2.11 bits per heavy atom. The van der Waals surface area contributed by atoms with Crippen LogP contribution in [0.4, 0.5) is 5.88 Å². The molecule has 0 bridgehead atoms. The fourth-order valence-electron chi connectivity index (χ4n) is 1.90. The molecule has 0 aliphatic carbocycles. The number of para-hydroxylation sites is 1.